The smallest absolute Gasteiger partial charge is 0.236 e. The van der Waals surface area contributed by atoms with Crippen LogP contribution in [-0.2, 0) is 11.3 Å². The molecule has 5 heterocycles. The number of pyridine rings is 1. The lowest BCUT2D eigenvalue weighted by Crippen LogP contribution is -2.57. The Morgan fingerprint density at radius 2 is 1.95 bits per heavy atom. The lowest BCUT2D eigenvalue weighted by atomic mass is 10.1. The summed E-state index contributed by atoms with van der Waals surface area (Å²) in [4.78, 5) is 30.3. The summed E-state index contributed by atoms with van der Waals surface area (Å²) < 4.78 is 15.4. The maximum atomic E-state index is 13.5. The van der Waals surface area contributed by atoms with Gasteiger partial charge in [0.15, 0.2) is 10.8 Å². The zero-order valence-corrected chi connectivity index (χ0v) is 23.7. The lowest BCUT2D eigenvalue weighted by Gasteiger charge is -2.39. The van der Waals surface area contributed by atoms with Crippen LogP contribution < -0.4 is 9.80 Å². The number of benzene rings is 1. The molecule has 0 saturated carbocycles. The highest BCUT2D eigenvalue weighted by Gasteiger charge is 2.30. The fourth-order valence-electron chi connectivity index (χ4n) is 5.28. The number of rotatable bonds is 7. The van der Waals surface area contributed by atoms with Crippen LogP contribution >= 0.6 is 11.3 Å². The number of aliphatic hydroxyl groups is 1. The number of β-amino-alcohol motifs (C(OH)–C–C–N with tert-alkyl or cyclic N) is 1. The Morgan fingerprint density at radius 3 is 2.61 bits per heavy atom. The van der Waals surface area contributed by atoms with Gasteiger partial charge >= 0.3 is 0 Å². The van der Waals surface area contributed by atoms with Crippen molar-refractivity contribution in [3.8, 4) is 17.3 Å². The molecular formula is C28H30FN9O2S. The van der Waals surface area contributed by atoms with E-state index in [1.54, 1.807) is 17.0 Å². The fraction of sp³-hybridized carbons (Fsp3) is 0.393. The molecule has 0 aliphatic carbocycles. The van der Waals surface area contributed by atoms with E-state index < -0.39 is 0 Å². The Bertz CT molecular complexity index is 1620. The summed E-state index contributed by atoms with van der Waals surface area (Å²) in [7, 11) is 1.90. The molecule has 2 aliphatic heterocycles. The lowest BCUT2D eigenvalue weighted by molar-refractivity contribution is -0.142. The van der Waals surface area contributed by atoms with Crippen LogP contribution in [0.25, 0.3) is 22.3 Å². The number of nitrogens with zero attached hydrogens (tertiary/aromatic N) is 9. The molecule has 0 radical (unpaired) electrons. The largest absolute Gasteiger partial charge is 0.389 e. The Labute approximate surface area is 240 Å². The molecule has 0 unspecified atom stereocenters. The first-order chi connectivity index (χ1) is 19.8. The molecule has 0 spiro atoms. The number of piperazine rings is 1. The number of anilines is 3. The molecule has 13 heteroatoms. The van der Waals surface area contributed by atoms with Crippen molar-refractivity contribution in [3.05, 3.63) is 47.2 Å². The molecule has 41 heavy (non-hydrogen) atoms. The number of carbonyl (C=O) groups is 1. The van der Waals surface area contributed by atoms with E-state index in [0.717, 1.165) is 43.1 Å². The second kappa shape index (κ2) is 11.0. The zero-order valence-electron chi connectivity index (χ0n) is 22.9. The zero-order chi connectivity index (χ0) is 28.7. The number of carbonyl (C=O) groups excluding carboxylic acids is 1. The van der Waals surface area contributed by atoms with E-state index in [1.807, 2.05) is 29.7 Å². The molecule has 1 amide bonds. The number of aliphatic hydroxyl groups excluding tert-OH is 1. The van der Waals surface area contributed by atoms with Gasteiger partial charge < -0.3 is 19.8 Å². The van der Waals surface area contributed by atoms with Gasteiger partial charge in [0.25, 0.3) is 0 Å². The standard InChI is InChI=1S/C28H30FN9O2S/c1-3-38-27(34(2)28-32-25(23(13-30)41-28)18-4-6-19(29)7-5-18)22-12-20(14-31-26(22)33-38)36-10-8-35(9-11-36)17-24(40)37-15-21(39)16-37/h4-7,12,14,21,39H,3,8-11,15-17H2,1-2H3. The van der Waals surface area contributed by atoms with E-state index in [0.29, 0.717) is 53.1 Å². The minimum atomic E-state index is -0.389. The van der Waals surface area contributed by atoms with Gasteiger partial charge in [-0.1, -0.05) is 11.3 Å². The SMILES string of the molecule is CCn1nc2ncc(N3CCN(CC(=O)N4CC(O)C4)CC3)cc2c1N(C)c1nc(-c2ccc(F)cc2)c(C#N)s1. The predicted octanol–water partition coefficient (Wildman–Crippen LogP) is 2.68. The van der Waals surface area contributed by atoms with Crippen molar-refractivity contribution >= 4 is 44.9 Å². The molecular weight excluding hydrogens is 545 g/mol. The van der Waals surface area contributed by atoms with Crippen LogP contribution in [0.5, 0.6) is 0 Å². The van der Waals surface area contributed by atoms with Crippen molar-refractivity contribution in [2.24, 2.45) is 0 Å². The highest BCUT2D eigenvalue weighted by atomic mass is 32.1. The topological polar surface area (TPSA) is 118 Å². The quantitative estimate of drug-likeness (QED) is 0.355. The van der Waals surface area contributed by atoms with Gasteiger partial charge in [0.2, 0.25) is 5.91 Å². The minimum Gasteiger partial charge on any atom is -0.389 e. The molecule has 1 N–H and O–H groups in total. The molecule has 6 rings (SSSR count). The average molecular weight is 576 g/mol. The fourth-order valence-corrected chi connectivity index (χ4v) is 6.12. The number of aromatic nitrogens is 4. The third-order valence-electron chi connectivity index (χ3n) is 7.60. The van der Waals surface area contributed by atoms with Crippen LogP contribution in [0.1, 0.15) is 11.8 Å². The highest BCUT2D eigenvalue weighted by molar-refractivity contribution is 7.16. The molecule has 2 fully saturated rings. The number of hydrogen-bond acceptors (Lipinski definition) is 10. The maximum Gasteiger partial charge on any atom is 0.236 e. The van der Waals surface area contributed by atoms with Crippen molar-refractivity contribution in [1.82, 2.24) is 29.5 Å². The van der Waals surface area contributed by atoms with Crippen LogP contribution in [0, 0.1) is 17.1 Å². The number of aryl methyl sites for hydroxylation is 1. The van der Waals surface area contributed by atoms with Crippen LogP contribution in [0.3, 0.4) is 0 Å². The molecule has 3 aromatic heterocycles. The van der Waals surface area contributed by atoms with Gasteiger partial charge in [0, 0.05) is 58.4 Å². The van der Waals surface area contributed by atoms with Gasteiger partial charge in [-0.3, -0.25) is 9.69 Å². The summed E-state index contributed by atoms with van der Waals surface area (Å²) in [6, 6.07) is 10.3. The summed E-state index contributed by atoms with van der Waals surface area (Å²) in [5.41, 5.74) is 2.80. The number of thiazole rings is 1. The summed E-state index contributed by atoms with van der Waals surface area (Å²) >= 11 is 1.28. The molecule has 11 nitrogen and oxygen atoms in total. The molecule has 212 valence electrons. The van der Waals surface area contributed by atoms with Gasteiger partial charge in [-0.15, -0.1) is 0 Å². The number of nitriles is 1. The Hall–Kier alpha value is -4.12. The van der Waals surface area contributed by atoms with Crippen molar-refractivity contribution in [2.75, 3.05) is 62.7 Å². The molecule has 2 aliphatic rings. The first-order valence-electron chi connectivity index (χ1n) is 13.5. The van der Waals surface area contributed by atoms with Crippen LogP contribution in [0.15, 0.2) is 36.5 Å². The molecule has 1 aromatic carbocycles. The van der Waals surface area contributed by atoms with Crippen molar-refractivity contribution < 1.29 is 14.3 Å². The van der Waals surface area contributed by atoms with Crippen LogP contribution in [-0.4, -0.2) is 99.5 Å². The van der Waals surface area contributed by atoms with Gasteiger partial charge in [-0.2, -0.15) is 10.4 Å². The molecule has 0 atom stereocenters. The van der Waals surface area contributed by atoms with E-state index in [9.17, 15) is 19.6 Å². The van der Waals surface area contributed by atoms with E-state index in [-0.39, 0.29) is 17.8 Å². The Balaban J connectivity index is 1.24. The third kappa shape index (κ3) is 5.21. The average Bonchev–Trinajstić information content (AvgIpc) is 3.57. The van der Waals surface area contributed by atoms with Crippen molar-refractivity contribution in [2.45, 2.75) is 19.6 Å². The van der Waals surface area contributed by atoms with E-state index in [2.05, 4.69) is 26.9 Å². The number of likely N-dealkylation sites (tertiary alicyclic amines) is 1. The van der Waals surface area contributed by atoms with E-state index in [1.165, 1.54) is 23.5 Å². The Kier molecular flexibility index (Phi) is 7.29. The number of hydrogen-bond donors (Lipinski definition) is 1. The van der Waals surface area contributed by atoms with Gasteiger partial charge in [0.05, 0.1) is 29.9 Å². The van der Waals surface area contributed by atoms with E-state index >= 15 is 0 Å². The van der Waals surface area contributed by atoms with Crippen molar-refractivity contribution in [3.63, 3.8) is 0 Å². The molecule has 4 aromatic rings. The second-order valence-electron chi connectivity index (χ2n) is 10.3. The third-order valence-corrected chi connectivity index (χ3v) is 8.64. The maximum absolute atomic E-state index is 13.5. The number of amides is 1. The monoisotopic (exact) mass is 575 g/mol. The summed E-state index contributed by atoms with van der Waals surface area (Å²) in [5.74, 6) is 0.543. The van der Waals surface area contributed by atoms with Gasteiger partial charge in [0.1, 0.15) is 28.3 Å². The summed E-state index contributed by atoms with van der Waals surface area (Å²) in [5, 5.41) is 25.5. The predicted molar refractivity (Wildman–Crippen MR) is 155 cm³/mol. The van der Waals surface area contributed by atoms with Crippen molar-refractivity contribution in [1.29, 1.82) is 5.26 Å². The normalized spacial score (nSPS) is 16.2. The highest BCUT2D eigenvalue weighted by Crippen LogP contribution is 2.38. The van der Waals surface area contributed by atoms with E-state index in [4.69, 9.17) is 10.1 Å². The molecule has 2 saturated heterocycles. The summed E-state index contributed by atoms with van der Waals surface area (Å²) in [6.45, 7) is 6.88. The van der Waals surface area contributed by atoms with Gasteiger partial charge in [-0.05, 0) is 37.3 Å². The molecule has 0 bridgehead atoms. The first-order valence-corrected chi connectivity index (χ1v) is 14.4. The Morgan fingerprint density at radius 1 is 1.22 bits per heavy atom. The second-order valence-corrected chi connectivity index (χ2v) is 11.2. The first kappa shape index (κ1) is 27.1. The van der Waals surface area contributed by atoms with Crippen LogP contribution in [0.4, 0.5) is 21.0 Å². The summed E-state index contributed by atoms with van der Waals surface area (Å²) in [6.07, 6.45) is 1.45. The van der Waals surface area contributed by atoms with Gasteiger partial charge in [-0.25, -0.2) is 19.0 Å². The van der Waals surface area contributed by atoms with Crippen LogP contribution in [0.2, 0.25) is 0 Å². The minimum absolute atomic E-state index is 0.0656. The number of halogens is 1. The number of fused-ring (bicyclic) bond motifs is 1.